The number of hydrogen-bond donors (Lipinski definition) is 2. The SMILES string of the molecule is CCCC(C)C(=O)NCC(F)C(C)OCCOCCOCCOCCNCC.[HH].[HH]. The molecule has 0 radical (unpaired) electrons. The van der Waals surface area contributed by atoms with Gasteiger partial charge in [0.1, 0.15) is 6.17 Å². The maximum atomic E-state index is 14.0. The Labute approximate surface area is 173 Å². The van der Waals surface area contributed by atoms with Crippen molar-refractivity contribution >= 4 is 5.91 Å². The molecule has 0 saturated carbocycles. The Kier molecular flexibility index (Phi) is 19.0. The molecule has 0 aliphatic carbocycles. The van der Waals surface area contributed by atoms with E-state index < -0.39 is 12.3 Å². The quantitative estimate of drug-likeness (QED) is 0.299. The van der Waals surface area contributed by atoms with E-state index in [2.05, 4.69) is 17.6 Å². The predicted molar refractivity (Wildman–Crippen MR) is 113 cm³/mol. The number of carbonyl (C=O) groups excluding carboxylic acids is 1. The zero-order chi connectivity index (χ0) is 21.0. The third-order valence-corrected chi connectivity index (χ3v) is 4.18. The van der Waals surface area contributed by atoms with Crippen LogP contribution in [0.25, 0.3) is 0 Å². The highest BCUT2D eigenvalue weighted by atomic mass is 19.1. The van der Waals surface area contributed by atoms with Gasteiger partial charge in [-0.25, -0.2) is 4.39 Å². The summed E-state index contributed by atoms with van der Waals surface area (Å²) in [5, 5.41) is 5.82. The monoisotopic (exact) mass is 412 g/mol. The first-order valence-corrected chi connectivity index (χ1v) is 10.5. The molecule has 3 unspecified atom stereocenters. The summed E-state index contributed by atoms with van der Waals surface area (Å²) in [5.74, 6) is -0.197. The smallest absolute Gasteiger partial charge is 0.222 e. The van der Waals surface area contributed by atoms with Crippen LogP contribution >= 0.6 is 0 Å². The number of halogens is 1. The lowest BCUT2D eigenvalue weighted by Crippen LogP contribution is -2.39. The molecule has 0 fully saturated rings. The summed E-state index contributed by atoms with van der Waals surface area (Å²) < 4.78 is 35.6. The Balaban J connectivity index is -0.00000364. The molecule has 3 atom stereocenters. The highest BCUT2D eigenvalue weighted by molar-refractivity contribution is 5.78. The molecule has 28 heavy (non-hydrogen) atoms. The van der Waals surface area contributed by atoms with Crippen molar-refractivity contribution in [1.82, 2.24) is 10.6 Å². The van der Waals surface area contributed by atoms with E-state index in [1.54, 1.807) is 6.92 Å². The molecule has 0 heterocycles. The minimum atomic E-state index is -1.24. The Morgan fingerprint density at radius 3 is 2.11 bits per heavy atom. The van der Waals surface area contributed by atoms with Gasteiger partial charge in [-0.2, -0.15) is 0 Å². The fourth-order valence-electron chi connectivity index (χ4n) is 2.36. The van der Waals surface area contributed by atoms with E-state index in [1.807, 2.05) is 13.8 Å². The van der Waals surface area contributed by atoms with E-state index in [4.69, 9.17) is 18.9 Å². The minimum absolute atomic E-state index is 0. The van der Waals surface area contributed by atoms with Gasteiger partial charge in [-0.15, -0.1) is 0 Å². The van der Waals surface area contributed by atoms with E-state index in [9.17, 15) is 9.18 Å². The Hall–Kier alpha value is -0.800. The summed E-state index contributed by atoms with van der Waals surface area (Å²) in [7, 11) is 0. The highest BCUT2D eigenvalue weighted by Gasteiger charge is 2.19. The first-order chi connectivity index (χ1) is 13.5. The second kappa shape index (κ2) is 19.5. The van der Waals surface area contributed by atoms with Gasteiger partial charge >= 0.3 is 0 Å². The first kappa shape index (κ1) is 27.2. The normalized spacial score (nSPS) is 14.6. The molecule has 2 N–H and O–H groups in total. The molecule has 0 aromatic rings. The number of carbonyl (C=O) groups is 1. The maximum Gasteiger partial charge on any atom is 0.222 e. The number of hydrogen-bond acceptors (Lipinski definition) is 6. The molecular weight excluding hydrogens is 367 g/mol. The van der Waals surface area contributed by atoms with E-state index in [1.165, 1.54) is 0 Å². The molecule has 0 bridgehead atoms. The zero-order valence-electron chi connectivity index (χ0n) is 18.1. The van der Waals surface area contributed by atoms with Crippen LogP contribution in [0.5, 0.6) is 0 Å². The van der Waals surface area contributed by atoms with Crippen LogP contribution in [-0.2, 0) is 23.7 Å². The van der Waals surface area contributed by atoms with E-state index in [0.29, 0.717) is 46.2 Å². The lowest BCUT2D eigenvalue weighted by molar-refractivity contribution is -0.125. The van der Waals surface area contributed by atoms with Gasteiger partial charge in [-0.3, -0.25) is 4.79 Å². The van der Waals surface area contributed by atoms with Crippen molar-refractivity contribution in [1.29, 1.82) is 0 Å². The Bertz CT molecular complexity index is 374. The summed E-state index contributed by atoms with van der Waals surface area (Å²) in [6.45, 7) is 12.8. The summed E-state index contributed by atoms with van der Waals surface area (Å²) >= 11 is 0. The topological polar surface area (TPSA) is 78.1 Å². The summed E-state index contributed by atoms with van der Waals surface area (Å²) in [5.41, 5.74) is 0. The number of alkyl halides is 1. The van der Waals surface area contributed by atoms with Crippen molar-refractivity contribution in [2.75, 3.05) is 65.9 Å². The van der Waals surface area contributed by atoms with Gasteiger partial charge in [0.05, 0.1) is 58.9 Å². The van der Waals surface area contributed by atoms with Gasteiger partial charge in [0.2, 0.25) is 5.91 Å². The average molecular weight is 413 g/mol. The van der Waals surface area contributed by atoms with Crippen LogP contribution in [0.15, 0.2) is 0 Å². The van der Waals surface area contributed by atoms with Crippen LogP contribution in [-0.4, -0.2) is 84.1 Å². The third-order valence-electron chi connectivity index (χ3n) is 4.18. The van der Waals surface area contributed by atoms with E-state index in [0.717, 1.165) is 25.9 Å². The van der Waals surface area contributed by atoms with Gasteiger partial charge in [-0.05, 0) is 19.9 Å². The third kappa shape index (κ3) is 16.2. The van der Waals surface area contributed by atoms with Crippen LogP contribution in [0.4, 0.5) is 4.39 Å². The Morgan fingerprint density at radius 1 is 0.964 bits per heavy atom. The van der Waals surface area contributed by atoms with Crippen molar-refractivity contribution in [3.05, 3.63) is 0 Å². The maximum absolute atomic E-state index is 14.0. The molecule has 0 aliphatic rings. The van der Waals surface area contributed by atoms with Crippen molar-refractivity contribution in [3.63, 3.8) is 0 Å². The molecule has 0 rings (SSSR count). The van der Waals surface area contributed by atoms with Crippen LogP contribution in [0, 0.1) is 5.92 Å². The van der Waals surface area contributed by atoms with Gasteiger partial charge < -0.3 is 29.6 Å². The fourth-order valence-corrected chi connectivity index (χ4v) is 2.36. The van der Waals surface area contributed by atoms with Gasteiger partial charge in [-0.1, -0.05) is 27.2 Å². The van der Waals surface area contributed by atoms with Crippen molar-refractivity contribution < 1.29 is 31.0 Å². The molecule has 0 aromatic heterocycles. The van der Waals surface area contributed by atoms with Crippen LogP contribution < -0.4 is 10.6 Å². The second-order valence-corrected chi connectivity index (χ2v) is 6.72. The number of likely N-dealkylation sites (N-methyl/N-ethyl adjacent to an activating group) is 1. The average Bonchev–Trinajstić information content (AvgIpc) is 2.69. The van der Waals surface area contributed by atoms with E-state index >= 15 is 0 Å². The number of rotatable bonds is 20. The molecule has 0 spiro atoms. The molecule has 0 saturated heterocycles. The molecule has 0 aromatic carbocycles. The molecule has 0 aliphatic heterocycles. The predicted octanol–water partition coefficient (Wildman–Crippen LogP) is 2.43. The highest BCUT2D eigenvalue weighted by Crippen LogP contribution is 2.06. The second-order valence-electron chi connectivity index (χ2n) is 6.72. The fraction of sp³-hybridized carbons (Fsp3) is 0.950. The number of ether oxygens (including phenoxy) is 4. The largest absolute Gasteiger partial charge is 0.378 e. The number of nitrogens with one attached hydrogen (secondary N) is 2. The van der Waals surface area contributed by atoms with Gasteiger partial charge in [0.15, 0.2) is 0 Å². The van der Waals surface area contributed by atoms with E-state index in [-0.39, 0.29) is 21.2 Å². The van der Waals surface area contributed by atoms with Gasteiger partial charge in [0.25, 0.3) is 0 Å². The Morgan fingerprint density at radius 2 is 1.54 bits per heavy atom. The van der Waals surface area contributed by atoms with Crippen LogP contribution in [0.1, 0.15) is 43.4 Å². The standard InChI is InChI=1S/C20H41FN2O5.2H2/c1-5-7-17(3)20(24)23-16-19(21)18(4)28-15-14-27-13-12-26-11-10-25-9-8-22-6-2;;/h17-19,22H,5-16H2,1-4H3,(H,23,24);2*1H. The van der Waals surface area contributed by atoms with Crippen molar-refractivity contribution in [2.24, 2.45) is 5.92 Å². The number of amides is 1. The lowest BCUT2D eigenvalue weighted by atomic mass is 10.1. The first-order valence-electron chi connectivity index (χ1n) is 10.5. The van der Waals surface area contributed by atoms with Crippen molar-refractivity contribution in [3.8, 4) is 0 Å². The summed E-state index contributed by atoms with van der Waals surface area (Å²) in [4.78, 5) is 11.8. The van der Waals surface area contributed by atoms with Crippen LogP contribution in [0.3, 0.4) is 0 Å². The molecule has 1 amide bonds. The lowest BCUT2D eigenvalue weighted by Gasteiger charge is -2.19. The zero-order valence-corrected chi connectivity index (χ0v) is 18.1. The van der Waals surface area contributed by atoms with Crippen molar-refractivity contribution in [2.45, 2.75) is 52.8 Å². The van der Waals surface area contributed by atoms with Crippen LogP contribution in [0.2, 0.25) is 0 Å². The van der Waals surface area contributed by atoms with Gasteiger partial charge in [0, 0.05) is 15.3 Å². The summed E-state index contributed by atoms with van der Waals surface area (Å²) in [6, 6.07) is 0. The molecule has 7 nitrogen and oxygen atoms in total. The minimum Gasteiger partial charge on any atom is -0.378 e. The molecular formula is C20H45FN2O5. The molecule has 172 valence electrons. The molecule has 8 heteroatoms. The summed E-state index contributed by atoms with van der Waals surface area (Å²) in [6.07, 6.45) is -0.100.